The van der Waals surface area contributed by atoms with Gasteiger partial charge in [0.2, 0.25) is 10.0 Å². The molecule has 2 heterocycles. The van der Waals surface area contributed by atoms with E-state index in [0.717, 1.165) is 12.8 Å². The van der Waals surface area contributed by atoms with Gasteiger partial charge in [-0.05, 0) is 43.2 Å². The predicted molar refractivity (Wildman–Crippen MR) is 110 cm³/mol. The van der Waals surface area contributed by atoms with Crippen molar-refractivity contribution in [3.63, 3.8) is 0 Å². The summed E-state index contributed by atoms with van der Waals surface area (Å²) in [5.41, 5.74) is 0.882. The lowest BCUT2D eigenvalue weighted by molar-refractivity contribution is 0.102. The van der Waals surface area contributed by atoms with Crippen molar-refractivity contribution in [2.24, 2.45) is 7.05 Å². The number of amides is 1. The molecular weight excluding hydrogens is 408 g/mol. The zero-order valence-corrected chi connectivity index (χ0v) is 17.9. The summed E-state index contributed by atoms with van der Waals surface area (Å²) < 4.78 is 34.1. The molecule has 0 atom stereocenters. The number of nitrogens with one attached hydrogen (secondary N) is 1. The van der Waals surface area contributed by atoms with Crippen molar-refractivity contribution in [3.8, 4) is 11.6 Å². The summed E-state index contributed by atoms with van der Waals surface area (Å²) in [5.74, 6) is -0.267. The number of sulfonamides is 1. The number of carbonyl (C=O) groups is 1. The van der Waals surface area contributed by atoms with Crippen LogP contribution < -0.4 is 5.32 Å². The minimum absolute atomic E-state index is 0.0648. The number of nitrogens with zero attached hydrogens (tertiary/aromatic N) is 5. The summed E-state index contributed by atoms with van der Waals surface area (Å²) in [5, 5.41) is 14.2. The van der Waals surface area contributed by atoms with E-state index < -0.39 is 15.9 Å². The molecule has 30 heavy (non-hydrogen) atoms. The van der Waals surface area contributed by atoms with Crippen LogP contribution in [0, 0.1) is 0 Å². The zero-order valence-electron chi connectivity index (χ0n) is 17.1. The maximum atomic E-state index is 12.8. The van der Waals surface area contributed by atoms with Gasteiger partial charge in [-0.2, -0.15) is 9.40 Å². The number of benzene rings is 1. The molecule has 0 aliphatic carbocycles. The van der Waals surface area contributed by atoms with Gasteiger partial charge in [-0.15, -0.1) is 5.10 Å². The summed E-state index contributed by atoms with van der Waals surface area (Å²) in [4.78, 5) is 12.6. The molecule has 10 nitrogen and oxygen atoms in total. The molecule has 0 bridgehead atoms. The topological polar surface area (TPSA) is 123 Å². The first-order chi connectivity index (χ1) is 14.4. The van der Waals surface area contributed by atoms with Crippen molar-refractivity contribution in [2.75, 3.05) is 18.4 Å². The van der Waals surface area contributed by atoms with Gasteiger partial charge in [-0.1, -0.05) is 18.9 Å². The van der Waals surface area contributed by atoms with Gasteiger partial charge < -0.3 is 4.42 Å². The second-order valence-electron chi connectivity index (χ2n) is 6.64. The molecular formula is C19H24N6O4S. The van der Waals surface area contributed by atoms with E-state index in [4.69, 9.17) is 4.42 Å². The molecule has 3 aromatic rings. The van der Waals surface area contributed by atoms with Crippen LogP contribution in [0.5, 0.6) is 0 Å². The van der Waals surface area contributed by atoms with Crippen LogP contribution >= 0.6 is 0 Å². The van der Waals surface area contributed by atoms with Crippen LogP contribution in [0.1, 0.15) is 37.0 Å². The van der Waals surface area contributed by atoms with E-state index in [1.54, 1.807) is 24.0 Å². The highest BCUT2D eigenvalue weighted by atomic mass is 32.2. The Morgan fingerprint density at radius 3 is 2.33 bits per heavy atom. The van der Waals surface area contributed by atoms with E-state index in [9.17, 15) is 13.2 Å². The summed E-state index contributed by atoms with van der Waals surface area (Å²) in [6.45, 7) is 4.77. The smallest absolute Gasteiger partial charge is 0.322 e. The Morgan fingerprint density at radius 1 is 1.10 bits per heavy atom. The molecule has 1 N–H and O–H groups in total. The quantitative estimate of drug-likeness (QED) is 0.551. The second-order valence-corrected chi connectivity index (χ2v) is 8.57. The lowest BCUT2D eigenvalue weighted by Crippen LogP contribution is -2.32. The Labute approximate surface area is 175 Å². The van der Waals surface area contributed by atoms with Crippen LogP contribution in [0.15, 0.2) is 45.8 Å². The van der Waals surface area contributed by atoms with E-state index in [-0.39, 0.29) is 22.4 Å². The van der Waals surface area contributed by atoms with E-state index in [1.807, 2.05) is 13.8 Å². The molecule has 3 rings (SSSR count). The lowest BCUT2D eigenvalue weighted by Gasteiger charge is -2.21. The van der Waals surface area contributed by atoms with Gasteiger partial charge in [-0.25, -0.2) is 8.42 Å². The number of hydrogen-bond donors (Lipinski definition) is 1. The van der Waals surface area contributed by atoms with Crippen molar-refractivity contribution in [3.05, 3.63) is 42.1 Å². The maximum Gasteiger partial charge on any atom is 0.322 e. The molecule has 0 spiro atoms. The number of aromatic nitrogens is 4. The third-order valence-corrected chi connectivity index (χ3v) is 6.30. The van der Waals surface area contributed by atoms with Crippen LogP contribution in [0.3, 0.4) is 0 Å². The molecule has 0 fully saturated rings. The first-order valence-electron chi connectivity index (χ1n) is 9.60. The second kappa shape index (κ2) is 9.18. The largest absolute Gasteiger partial charge is 0.401 e. The van der Waals surface area contributed by atoms with Gasteiger partial charge in [0, 0.05) is 31.9 Å². The highest BCUT2D eigenvalue weighted by molar-refractivity contribution is 7.89. The first-order valence-corrected chi connectivity index (χ1v) is 11.0. The van der Waals surface area contributed by atoms with Gasteiger partial charge in [0.25, 0.3) is 11.8 Å². The Hall–Kier alpha value is -3.05. The fraction of sp³-hybridized carbons (Fsp3) is 0.368. The Morgan fingerprint density at radius 2 is 1.77 bits per heavy atom. The molecule has 0 saturated heterocycles. The standard InChI is InChI=1S/C19H24N6O4S/c1-4-12-25(13-5-2)30(27,28)15-8-6-14(7-9-15)17(26)21-19-23-22-18(29-19)16-10-11-20-24(16)3/h6-11H,4-5,12-13H2,1-3H3,(H,21,23,26). The molecule has 0 aliphatic rings. The number of rotatable bonds is 9. The van der Waals surface area contributed by atoms with Crippen LogP contribution in [0.2, 0.25) is 0 Å². The van der Waals surface area contributed by atoms with Crippen molar-refractivity contribution in [1.29, 1.82) is 0 Å². The molecule has 0 aliphatic heterocycles. The first kappa shape index (κ1) is 21.7. The molecule has 160 valence electrons. The highest BCUT2D eigenvalue weighted by Gasteiger charge is 2.23. The van der Waals surface area contributed by atoms with Crippen LogP contribution in [-0.2, 0) is 17.1 Å². The monoisotopic (exact) mass is 432 g/mol. The molecule has 2 aromatic heterocycles. The SMILES string of the molecule is CCCN(CCC)S(=O)(=O)c1ccc(C(=O)Nc2nnc(-c3ccnn3C)o2)cc1. The normalized spacial score (nSPS) is 11.7. The van der Waals surface area contributed by atoms with Crippen molar-refractivity contribution in [1.82, 2.24) is 24.3 Å². The number of carbonyl (C=O) groups excluding carboxylic acids is 1. The average Bonchev–Trinajstić information content (AvgIpc) is 3.36. The minimum atomic E-state index is -3.60. The van der Waals surface area contributed by atoms with Gasteiger partial charge >= 0.3 is 6.01 Å². The minimum Gasteiger partial charge on any atom is -0.401 e. The van der Waals surface area contributed by atoms with E-state index >= 15 is 0 Å². The Kier molecular flexibility index (Phi) is 6.63. The summed E-state index contributed by atoms with van der Waals surface area (Å²) in [6.07, 6.45) is 3.05. The molecule has 0 saturated carbocycles. The van der Waals surface area contributed by atoms with Crippen molar-refractivity contribution < 1.29 is 17.6 Å². The van der Waals surface area contributed by atoms with Crippen molar-refractivity contribution >= 4 is 21.9 Å². The Bertz CT molecular complexity index is 1100. The molecule has 1 aromatic carbocycles. The fourth-order valence-corrected chi connectivity index (χ4v) is 4.53. The molecule has 0 unspecified atom stereocenters. The highest BCUT2D eigenvalue weighted by Crippen LogP contribution is 2.20. The maximum absolute atomic E-state index is 12.8. The van der Waals surface area contributed by atoms with Crippen LogP contribution in [-0.4, -0.2) is 51.7 Å². The van der Waals surface area contributed by atoms with E-state index in [2.05, 4.69) is 20.6 Å². The average molecular weight is 433 g/mol. The summed E-state index contributed by atoms with van der Waals surface area (Å²) in [6, 6.07) is 7.41. The lowest BCUT2D eigenvalue weighted by atomic mass is 10.2. The number of anilines is 1. The van der Waals surface area contributed by atoms with Gasteiger partial charge in [0.15, 0.2) is 0 Å². The van der Waals surface area contributed by atoms with E-state index in [1.165, 1.54) is 28.6 Å². The molecule has 11 heteroatoms. The van der Waals surface area contributed by atoms with Gasteiger partial charge in [-0.3, -0.25) is 14.8 Å². The molecule has 1 amide bonds. The third kappa shape index (κ3) is 4.57. The summed E-state index contributed by atoms with van der Waals surface area (Å²) in [7, 11) is -1.87. The van der Waals surface area contributed by atoms with Crippen molar-refractivity contribution in [2.45, 2.75) is 31.6 Å². The van der Waals surface area contributed by atoms with Gasteiger partial charge in [0.1, 0.15) is 5.69 Å². The third-order valence-electron chi connectivity index (χ3n) is 4.39. The van der Waals surface area contributed by atoms with Gasteiger partial charge in [0.05, 0.1) is 4.90 Å². The number of hydrogen-bond acceptors (Lipinski definition) is 7. The number of aryl methyl sites for hydroxylation is 1. The predicted octanol–water partition coefficient (Wildman–Crippen LogP) is 2.53. The van der Waals surface area contributed by atoms with E-state index in [0.29, 0.717) is 18.8 Å². The van der Waals surface area contributed by atoms with Crippen LogP contribution in [0.25, 0.3) is 11.6 Å². The fourth-order valence-electron chi connectivity index (χ4n) is 2.91. The molecule has 0 radical (unpaired) electrons. The van der Waals surface area contributed by atoms with Crippen LogP contribution in [0.4, 0.5) is 6.01 Å². The zero-order chi connectivity index (χ0) is 21.7. The Balaban J connectivity index is 1.72. The summed E-state index contributed by atoms with van der Waals surface area (Å²) >= 11 is 0.